The molecular weight excluding hydrogens is 592 g/mol. The van der Waals surface area contributed by atoms with E-state index in [1.807, 2.05) is 30.0 Å². The Morgan fingerprint density at radius 2 is 1.37 bits per heavy atom. The third-order valence-electron chi connectivity index (χ3n) is 8.78. The van der Waals surface area contributed by atoms with Crippen LogP contribution in [0.5, 0.6) is 17.2 Å². The number of fused-ring (bicyclic) bond motifs is 2. The van der Waals surface area contributed by atoms with Gasteiger partial charge in [0.2, 0.25) is 6.79 Å². The minimum absolute atomic E-state index is 0.0519. The molecule has 0 unspecified atom stereocenters. The summed E-state index contributed by atoms with van der Waals surface area (Å²) in [7, 11) is 0. The highest BCUT2D eigenvalue weighted by atomic mass is 16.7. The third kappa shape index (κ3) is 5.44. The Morgan fingerprint density at radius 3 is 2.04 bits per heavy atom. The van der Waals surface area contributed by atoms with Crippen molar-refractivity contribution in [1.82, 2.24) is 14.8 Å². The number of piperazine rings is 2. The van der Waals surface area contributed by atoms with Crippen LogP contribution in [0.3, 0.4) is 0 Å². The Hall–Kier alpha value is -5.59. The fraction of sp³-hybridized carbons (Fsp3) is 0.303. The monoisotopic (exact) mass is 624 g/mol. The van der Waals surface area contributed by atoms with Gasteiger partial charge in [0.1, 0.15) is 11.3 Å². The lowest BCUT2D eigenvalue weighted by atomic mass is 10.1. The number of rotatable bonds is 5. The van der Waals surface area contributed by atoms with Crippen LogP contribution in [0.25, 0.3) is 10.9 Å². The fourth-order valence-electron chi connectivity index (χ4n) is 6.33. The van der Waals surface area contributed by atoms with Gasteiger partial charge in [0, 0.05) is 86.9 Å². The van der Waals surface area contributed by atoms with Gasteiger partial charge in [0.05, 0.1) is 16.0 Å². The highest BCUT2D eigenvalue weighted by molar-refractivity contribution is 6.06. The van der Waals surface area contributed by atoms with Crippen LogP contribution in [0, 0.1) is 17.0 Å². The van der Waals surface area contributed by atoms with Gasteiger partial charge in [-0.15, -0.1) is 0 Å². The summed E-state index contributed by atoms with van der Waals surface area (Å²) in [4.78, 5) is 50.8. The van der Waals surface area contributed by atoms with Crippen molar-refractivity contribution in [3.05, 3.63) is 87.6 Å². The van der Waals surface area contributed by atoms with Crippen molar-refractivity contribution in [2.75, 3.05) is 69.0 Å². The number of aryl methyl sites for hydroxylation is 1. The molecule has 2 amide bonds. The van der Waals surface area contributed by atoms with Gasteiger partial charge in [-0.3, -0.25) is 24.7 Å². The van der Waals surface area contributed by atoms with E-state index >= 15 is 0 Å². The van der Waals surface area contributed by atoms with Gasteiger partial charge >= 0.3 is 0 Å². The first-order valence-corrected chi connectivity index (χ1v) is 15.1. The van der Waals surface area contributed by atoms with E-state index in [0.29, 0.717) is 91.7 Å². The van der Waals surface area contributed by atoms with Gasteiger partial charge in [-0.25, -0.2) is 0 Å². The van der Waals surface area contributed by atoms with Crippen molar-refractivity contribution in [3.8, 4) is 17.2 Å². The van der Waals surface area contributed by atoms with Crippen LogP contribution in [0.2, 0.25) is 0 Å². The molecule has 236 valence electrons. The van der Waals surface area contributed by atoms with Crippen LogP contribution in [0.1, 0.15) is 26.4 Å². The van der Waals surface area contributed by atoms with E-state index in [0.717, 1.165) is 5.69 Å². The Morgan fingerprint density at radius 1 is 0.761 bits per heavy atom. The van der Waals surface area contributed by atoms with Crippen LogP contribution >= 0.6 is 0 Å². The molecule has 1 aromatic heterocycles. The number of aromatic hydroxyl groups is 1. The number of amides is 2. The fourth-order valence-corrected chi connectivity index (χ4v) is 6.33. The van der Waals surface area contributed by atoms with E-state index in [1.54, 1.807) is 46.2 Å². The predicted octanol–water partition coefficient (Wildman–Crippen LogP) is 3.81. The molecular formula is C33H32N6O7. The highest BCUT2D eigenvalue weighted by Crippen LogP contribution is 2.36. The van der Waals surface area contributed by atoms with Gasteiger partial charge in [-0.1, -0.05) is 0 Å². The number of ether oxygens (including phenoxy) is 2. The lowest BCUT2D eigenvalue weighted by Gasteiger charge is -2.37. The zero-order valence-electron chi connectivity index (χ0n) is 25.2. The Labute approximate surface area is 264 Å². The van der Waals surface area contributed by atoms with E-state index in [9.17, 15) is 24.8 Å². The summed E-state index contributed by atoms with van der Waals surface area (Å²) in [5.41, 5.74) is 3.30. The van der Waals surface area contributed by atoms with Crippen LogP contribution in [-0.2, 0) is 0 Å². The Balaban J connectivity index is 1.04. The number of carbonyl (C=O) groups is 2. The van der Waals surface area contributed by atoms with Crippen LogP contribution in [-0.4, -0.2) is 95.8 Å². The van der Waals surface area contributed by atoms with Crippen LogP contribution in [0.15, 0.2) is 60.7 Å². The number of hydrogen-bond donors (Lipinski definition) is 1. The van der Waals surface area contributed by atoms with Crippen molar-refractivity contribution >= 4 is 39.8 Å². The highest BCUT2D eigenvalue weighted by Gasteiger charge is 2.30. The number of nitro groups is 1. The maximum absolute atomic E-state index is 13.7. The molecule has 0 saturated carbocycles. The maximum atomic E-state index is 13.7. The average Bonchev–Trinajstić information content (AvgIpc) is 3.55. The first kappa shape index (κ1) is 29.1. The molecule has 4 aromatic rings. The molecule has 0 bridgehead atoms. The first-order chi connectivity index (χ1) is 22.2. The number of carbonyl (C=O) groups excluding carboxylic acids is 2. The Bertz CT molecular complexity index is 1870. The molecule has 13 heteroatoms. The van der Waals surface area contributed by atoms with Crippen molar-refractivity contribution in [2.24, 2.45) is 0 Å². The summed E-state index contributed by atoms with van der Waals surface area (Å²) in [6.07, 6.45) is 0. The maximum Gasteiger partial charge on any atom is 0.282 e. The number of pyridine rings is 1. The van der Waals surface area contributed by atoms with Gasteiger partial charge < -0.3 is 34.2 Å². The summed E-state index contributed by atoms with van der Waals surface area (Å²) < 4.78 is 10.9. The molecule has 2 fully saturated rings. The summed E-state index contributed by atoms with van der Waals surface area (Å²) in [6, 6.07) is 16.9. The summed E-state index contributed by atoms with van der Waals surface area (Å²) in [5, 5.41) is 22.6. The quantitative estimate of drug-likeness (QED) is 0.257. The molecule has 3 aliphatic heterocycles. The second-order valence-electron chi connectivity index (χ2n) is 11.6. The van der Waals surface area contributed by atoms with Crippen molar-refractivity contribution < 1.29 is 29.1 Å². The topological polar surface area (TPSA) is 142 Å². The van der Waals surface area contributed by atoms with Gasteiger partial charge in [-0.2, -0.15) is 0 Å². The zero-order chi connectivity index (χ0) is 31.9. The summed E-state index contributed by atoms with van der Waals surface area (Å²) in [5.74, 6) is 0.925. The van der Waals surface area contributed by atoms with Crippen LogP contribution in [0.4, 0.5) is 17.1 Å². The predicted molar refractivity (Wildman–Crippen MR) is 170 cm³/mol. The molecule has 13 nitrogen and oxygen atoms in total. The van der Waals surface area contributed by atoms with E-state index in [-0.39, 0.29) is 35.6 Å². The lowest BCUT2D eigenvalue weighted by molar-refractivity contribution is -0.385. The lowest BCUT2D eigenvalue weighted by Crippen LogP contribution is -2.49. The third-order valence-corrected chi connectivity index (χ3v) is 8.78. The van der Waals surface area contributed by atoms with E-state index in [1.165, 1.54) is 6.07 Å². The molecule has 3 aliphatic rings. The molecule has 1 N–H and O–H groups in total. The minimum Gasteiger partial charge on any atom is -0.508 e. The summed E-state index contributed by atoms with van der Waals surface area (Å²) >= 11 is 0. The van der Waals surface area contributed by atoms with Gasteiger partial charge in [0.15, 0.2) is 11.5 Å². The first-order valence-electron chi connectivity index (χ1n) is 15.1. The molecule has 4 heterocycles. The van der Waals surface area contributed by atoms with E-state index < -0.39 is 4.92 Å². The largest absolute Gasteiger partial charge is 0.508 e. The molecule has 2 saturated heterocycles. The number of hydrogen-bond acceptors (Lipinski definition) is 10. The number of nitro benzene ring substituents is 1. The van der Waals surface area contributed by atoms with E-state index in [2.05, 4.69) is 9.88 Å². The smallest absolute Gasteiger partial charge is 0.282 e. The molecule has 7 rings (SSSR count). The number of anilines is 2. The molecule has 0 spiro atoms. The normalized spacial score (nSPS) is 16.2. The average molecular weight is 625 g/mol. The number of phenols is 1. The molecule has 46 heavy (non-hydrogen) atoms. The minimum atomic E-state index is -0.519. The molecule has 0 radical (unpaired) electrons. The number of aromatic nitrogens is 1. The number of phenolic OH excluding ortho intramolecular Hbond substituents is 1. The van der Waals surface area contributed by atoms with Gasteiger partial charge in [-0.05, 0) is 55.5 Å². The molecule has 0 atom stereocenters. The van der Waals surface area contributed by atoms with E-state index in [4.69, 9.17) is 9.47 Å². The van der Waals surface area contributed by atoms with Crippen molar-refractivity contribution in [2.45, 2.75) is 6.92 Å². The molecule has 0 aliphatic carbocycles. The molecule has 3 aromatic carbocycles. The zero-order valence-corrected chi connectivity index (χ0v) is 25.2. The van der Waals surface area contributed by atoms with Crippen LogP contribution < -0.4 is 19.3 Å². The second-order valence-corrected chi connectivity index (χ2v) is 11.6. The number of benzene rings is 3. The van der Waals surface area contributed by atoms with Crippen molar-refractivity contribution in [1.29, 1.82) is 0 Å². The SMILES string of the molecule is Cc1cc(C(=O)N2CCN(c3ccc([N+](=O)[O-])c(C(=O)N4CCN(c5ccc6c(c5)OCO6)CC4)c3)CC2)c2cc(O)ccc2n1. The number of nitrogens with zero attached hydrogens (tertiary/aromatic N) is 6. The second kappa shape index (κ2) is 11.7. The summed E-state index contributed by atoms with van der Waals surface area (Å²) in [6.45, 7) is 5.80. The standard InChI is InChI=1S/C33H32N6O7/c1-21-16-26(25-19-24(40)4-5-28(25)34-21)32(41)37-12-8-35(9-13-37)22-2-6-29(39(43)44)27(17-22)33(42)38-14-10-36(11-15-38)23-3-7-30-31(18-23)46-20-45-30/h2-7,16-19,40H,8-15,20H2,1H3. The van der Waals surface area contributed by atoms with Crippen molar-refractivity contribution in [3.63, 3.8) is 0 Å². The van der Waals surface area contributed by atoms with Gasteiger partial charge in [0.25, 0.3) is 17.5 Å². The Kier molecular flexibility index (Phi) is 7.43.